The Bertz CT molecular complexity index is 335. The normalized spacial score (nSPS) is 23.3. The first-order valence-corrected chi connectivity index (χ1v) is 5.99. The number of hydrogen-bond acceptors (Lipinski definition) is 5. The fraction of sp³-hybridized carbons (Fsp3) is 0.667. The highest BCUT2D eigenvalue weighted by Gasteiger charge is 2.39. The predicted octanol–water partition coefficient (Wildman–Crippen LogP) is -0.283. The zero-order chi connectivity index (χ0) is 13.0. The number of nitrogens with one attached hydrogen (secondary N) is 1. The maximum absolute atomic E-state index is 11.7. The lowest BCUT2D eigenvalue weighted by Crippen LogP contribution is -2.50. The number of thioether (sulfide) groups is 1. The molecule has 17 heavy (non-hydrogen) atoms. The Kier molecular flexibility index (Phi) is 4.62. The molecule has 96 valence electrons. The quantitative estimate of drug-likeness (QED) is 0.679. The number of carboxylic acids is 1. The first-order chi connectivity index (χ1) is 7.97. The summed E-state index contributed by atoms with van der Waals surface area (Å²) >= 11 is 1.38. The van der Waals surface area contributed by atoms with E-state index in [9.17, 15) is 14.4 Å². The second kappa shape index (κ2) is 5.76. The van der Waals surface area contributed by atoms with Gasteiger partial charge < -0.3 is 15.2 Å². The van der Waals surface area contributed by atoms with Crippen LogP contribution >= 0.6 is 11.8 Å². The van der Waals surface area contributed by atoms with Crippen molar-refractivity contribution in [3.8, 4) is 0 Å². The van der Waals surface area contributed by atoms with Gasteiger partial charge in [0.25, 0.3) is 0 Å². The van der Waals surface area contributed by atoms with Crippen molar-refractivity contribution in [1.82, 2.24) is 10.2 Å². The summed E-state index contributed by atoms with van der Waals surface area (Å²) < 4.78 is 4.37. The number of aliphatic carboxylic acids is 1. The lowest BCUT2D eigenvalue weighted by molar-refractivity contribution is -0.141. The molecule has 2 unspecified atom stereocenters. The molecule has 0 radical (unpaired) electrons. The van der Waals surface area contributed by atoms with E-state index >= 15 is 0 Å². The van der Waals surface area contributed by atoms with E-state index < -0.39 is 24.0 Å². The molecule has 1 heterocycles. The largest absolute Gasteiger partial charge is 0.480 e. The summed E-state index contributed by atoms with van der Waals surface area (Å²) in [6.45, 7) is 1.47. The van der Waals surface area contributed by atoms with E-state index in [2.05, 4.69) is 10.1 Å². The third-order valence-electron chi connectivity index (χ3n) is 2.35. The molecule has 1 rings (SSSR count). The van der Waals surface area contributed by atoms with Gasteiger partial charge in [-0.3, -0.25) is 9.69 Å². The van der Waals surface area contributed by atoms with Crippen molar-refractivity contribution in [2.45, 2.75) is 18.3 Å². The molecule has 7 nitrogen and oxygen atoms in total. The Hall–Kier alpha value is -1.44. The van der Waals surface area contributed by atoms with Gasteiger partial charge in [0.1, 0.15) is 12.6 Å². The zero-order valence-corrected chi connectivity index (χ0v) is 10.3. The number of methoxy groups -OCH3 is 1. The monoisotopic (exact) mass is 262 g/mol. The van der Waals surface area contributed by atoms with Gasteiger partial charge in [-0.05, 0) is 6.92 Å². The molecule has 2 amide bonds. The van der Waals surface area contributed by atoms with Crippen LogP contribution in [-0.2, 0) is 14.3 Å². The average Bonchev–Trinajstić information content (AvgIpc) is 2.67. The Balaban J connectivity index is 2.59. The van der Waals surface area contributed by atoms with Gasteiger partial charge in [0.05, 0.1) is 12.5 Å². The van der Waals surface area contributed by atoms with E-state index in [0.717, 1.165) is 0 Å². The van der Waals surface area contributed by atoms with E-state index in [1.54, 1.807) is 6.92 Å². The lowest BCUT2D eigenvalue weighted by Gasteiger charge is -2.24. The van der Waals surface area contributed by atoms with Gasteiger partial charge in [-0.15, -0.1) is 11.8 Å². The Morgan fingerprint density at radius 1 is 1.53 bits per heavy atom. The van der Waals surface area contributed by atoms with E-state index in [4.69, 9.17) is 5.11 Å². The maximum atomic E-state index is 11.7. The summed E-state index contributed by atoms with van der Waals surface area (Å²) in [5, 5.41) is 11.0. The topological polar surface area (TPSA) is 95.9 Å². The highest BCUT2D eigenvalue weighted by Crippen LogP contribution is 2.28. The van der Waals surface area contributed by atoms with Crippen molar-refractivity contribution < 1.29 is 24.2 Å². The fourth-order valence-electron chi connectivity index (χ4n) is 1.45. The van der Waals surface area contributed by atoms with Crippen LogP contribution in [0, 0.1) is 0 Å². The molecule has 0 aliphatic carbocycles. The Morgan fingerprint density at radius 2 is 2.18 bits per heavy atom. The van der Waals surface area contributed by atoms with Gasteiger partial charge >= 0.3 is 18.0 Å². The van der Waals surface area contributed by atoms with Gasteiger partial charge in [-0.1, -0.05) is 0 Å². The minimum absolute atomic E-state index is 0.228. The summed E-state index contributed by atoms with van der Waals surface area (Å²) in [6.07, 6.45) is 0. The summed E-state index contributed by atoms with van der Waals surface area (Å²) in [5.74, 6) is -1.28. The number of urea groups is 1. The van der Waals surface area contributed by atoms with Crippen molar-refractivity contribution in [1.29, 1.82) is 0 Å². The molecule has 1 aliphatic rings. The minimum atomic E-state index is -1.05. The lowest BCUT2D eigenvalue weighted by atomic mass is 10.3. The van der Waals surface area contributed by atoms with Crippen LogP contribution in [0.4, 0.5) is 4.79 Å². The second-order valence-electron chi connectivity index (χ2n) is 3.43. The number of amides is 2. The number of rotatable bonds is 3. The number of carboxylic acid groups (broad SMARTS) is 1. The molecule has 2 N–H and O–H groups in total. The van der Waals surface area contributed by atoms with Crippen molar-refractivity contribution in [2.24, 2.45) is 0 Å². The summed E-state index contributed by atoms with van der Waals surface area (Å²) in [4.78, 5) is 34.7. The predicted molar refractivity (Wildman–Crippen MR) is 60.6 cm³/mol. The third kappa shape index (κ3) is 3.26. The molecule has 0 aromatic carbocycles. The van der Waals surface area contributed by atoms with E-state index in [0.29, 0.717) is 5.75 Å². The highest BCUT2D eigenvalue weighted by molar-refractivity contribution is 8.00. The van der Waals surface area contributed by atoms with E-state index in [-0.39, 0.29) is 11.9 Å². The molecule has 0 saturated carbocycles. The Morgan fingerprint density at radius 3 is 2.71 bits per heavy atom. The van der Waals surface area contributed by atoms with Gasteiger partial charge in [0, 0.05) is 5.75 Å². The molecular formula is C9H14N2O5S. The summed E-state index contributed by atoms with van der Waals surface area (Å²) in [5.41, 5.74) is 0. The van der Waals surface area contributed by atoms with Crippen LogP contribution in [0.3, 0.4) is 0 Å². The molecule has 2 atom stereocenters. The third-order valence-corrected chi connectivity index (χ3v) is 3.57. The van der Waals surface area contributed by atoms with Crippen LogP contribution in [0.1, 0.15) is 6.92 Å². The van der Waals surface area contributed by atoms with Gasteiger partial charge in [-0.2, -0.15) is 0 Å². The van der Waals surface area contributed by atoms with Crippen molar-refractivity contribution >= 4 is 29.7 Å². The molecule has 1 fully saturated rings. The molecule has 8 heteroatoms. The van der Waals surface area contributed by atoms with Crippen molar-refractivity contribution in [2.75, 3.05) is 19.4 Å². The summed E-state index contributed by atoms with van der Waals surface area (Å²) in [7, 11) is 1.21. The number of ether oxygens (including phenoxy) is 1. The smallest absolute Gasteiger partial charge is 0.327 e. The molecule has 0 aromatic heterocycles. The van der Waals surface area contributed by atoms with E-state index in [1.165, 1.54) is 23.8 Å². The molecule has 0 spiro atoms. The summed E-state index contributed by atoms with van der Waals surface area (Å²) in [6, 6.07) is -1.42. The number of esters is 1. The maximum Gasteiger partial charge on any atom is 0.327 e. The molecule has 1 saturated heterocycles. The number of nitrogens with zero attached hydrogens (tertiary/aromatic N) is 1. The van der Waals surface area contributed by atoms with Crippen LogP contribution in [0.2, 0.25) is 0 Å². The Labute approximate surface area is 102 Å². The van der Waals surface area contributed by atoms with Crippen LogP contribution in [0.15, 0.2) is 0 Å². The van der Waals surface area contributed by atoms with Gasteiger partial charge in [0.15, 0.2) is 0 Å². The van der Waals surface area contributed by atoms with Crippen molar-refractivity contribution in [3.63, 3.8) is 0 Å². The van der Waals surface area contributed by atoms with Gasteiger partial charge in [0.2, 0.25) is 0 Å². The van der Waals surface area contributed by atoms with Crippen LogP contribution in [-0.4, -0.2) is 58.8 Å². The second-order valence-corrected chi connectivity index (χ2v) is 4.78. The molecule has 0 aromatic rings. The van der Waals surface area contributed by atoms with Crippen LogP contribution < -0.4 is 5.32 Å². The highest BCUT2D eigenvalue weighted by atomic mass is 32.2. The van der Waals surface area contributed by atoms with E-state index in [1.807, 2.05) is 0 Å². The SMILES string of the molecule is COC(=O)CNC(=O)N1C(C)SCC1C(=O)O. The van der Waals surface area contributed by atoms with Crippen molar-refractivity contribution in [3.05, 3.63) is 0 Å². The standard InChI is InChI=1S/C9H14N2O5S/c1-5-11(6(4-17-5)8(13)14)9(15)10-3-7(12)16-2/h5-6H,3-4H2,1-2H3,(H,10,15)(H,13,14). The number of hydrogen-bond donors (Lipinski definition) is 2. The van der Waals surface area contributed by atoms with Crippen LogP contribution in [0.25, 0.3) is 0 Å². The molecular weight excluding hydrogens is 248 g/mol. The molecule has 1 aliphatic heterocycles. The first-order valence-electron chi connectivity index (χ1n) is 4.94. The van der Waals surface area contributed by atoms with Crippen LogP contribution in [0.5, 0.6) is 0 Å². The molecule has 0 bridgehead atoms. The zero-order valence-electron chi connectivity index (χ0n) is 9.50. The van der Waals surface area contributed by atoms with Gasteiger partial charge in [-0.25, -0.2) is 9.59 Å². The first kappa shape index (κ1) is 13.6. The minimum Gasteiger partial charge on any atom is -0.480 e. The number of carbonyl (C=O) groups is 3. The average molecular weight is 262 g/mol. The fourth-order valence-corrected chi connectivity index (χ4v) is 2.62. The number of carbonyl (C=O) groups excluding carboxylic acids is 2.